The molecule has 0 bridgehead atoms. The topological polar surface area (TPSA) is 127 Å². The lowest BCUT2D eigenvalue weighted by Gasteiger charge is -2.36. The van der Waals surface area contributed by atoms with Crippen LogP contribution in [0.15, 0.2) is 72.8 Å². The van der Waals surface area contributed by atoms with Gasteiger partial charge in [0.2, 0.25) is 11.5 Å². The largest absolute Gasteiger partial charge is 0.500 e. The molecule has 37 heavy (non-hydrogen) atoms. The molecule has 4 aromatic carbocycles. The molecule has 0 saturated carbocycles. The Bertz CT molecular complexity index is 1430. The van der Waals surface area contributed by atoms with Gasteiger partial charge in [0.1, 0.15) is 11.6 Å². The first-order valence-corrected chi connectivity index (χ1v) is 10.3. The van der Waals surface area contributed by atoms with Crippen molar-refractivity contribution in [3.63, 3.8) is 0 Å². The van der Waals surface area contributed by atoms with E-state index in [0.717, 1.165) is 36.4 Å². The van der Waals surface area contributed by atoms with Gasteiger partial charge < -0.3 is 10.2 Å². The molecule has 0 aliphatic rings. The number of phenolic OH excluding ortho intramolecular Hbond substituents is 2. The molecule has 0 spiro atoms. The summed E-state index contributed by atoms with van der Waals surface area (Å²) >= 11 is 0. The third-order valence-electron chi connectivity index (χ3n) is 5.90. The second-order valence-electron chi connectivity index (χ2n) is 7.93. The number of aromatic hydroxyl groups is 2. The van der Waals surface area contributed by atoms with E-state index in [-0.39, 0.29) is 22.3 Å². The minimum Gasteiger partial charge on any atom is -0.500 e. The summed E-state index contributed by atoms with van der Waals surface area (Å²) in [5.41, 5.74) is -4.90. The number of nitrogens with zero attached hydrogens (tertiary/aromatic N) is 2. The quantitative estimate of drug-likeness (QED) is 0.144. The van der Waals surface area contributed by atoms with Gasteiger partial charge in [-0.2, -0.15) is 0 Å². The fourth-order valence-electron chi connectivity index (χ4n) is 4.28. The van der Waals surface area contributed by atoms with Crippen molar-refractivity contribution in [3.8, 4) is 11.5 Å². The standard InChI is InChI=1S/C25H14F4N2O6/c26-17-5-1-13(2-6-17)25(14-3-7-18(27)8-4-14,15-9-19(28)23(32)21(11-15)30(34)35)16-10-20(29)24(33)22(12-16)31(36)37/h1-12,32-33H. The minimum atomic E-state index is -2.07. The van der Waals surface area contributed by atoms with E-state index in [1.165, 1.54) is 24.3 Å². The zero-order chi connectivity index (χ0) is 27.1. The maximum absolute atomic E-state index is 14.9. The van der Waals surface area contributed by atoms with Crippen LogP contribution < -0.4 is 0 Å². The van der Waals surface area contributed by atoms with Gasteiger partial charge in [0.15, 0.2) is 11.6 Å². The molecule has 0 saturated heterocycles. The van der Waals surface area contributed by atoms with Gasteiger partial charge in [0.25, 0.3) is 0 Å². The van der Waals surface area contributed by atoms with Gasteiger partial charge in [-0.05, 0) is 58.7 Å². The predicted molar refractivity (Wildman–Crippen MR) is 121 cm³/mol. The van der Waals surface area contributed by atoms with Crippen LogP contribution in [-0.4, -0.2) is 20.1 Å². The van der Waals surface area contributed by atoms with Crippen LogP contribution in [0.3, 0.4) is 0 Å². The summed E-state index contributed by atoms with van der Waals surface area (Å²) in [7, 11) is 0. The van der Waals surface area contributed by atoms with Crippen molar-refractivity contribution in [3.05, 3.63) is 139 Å². The summed E-state index contributed by atoms with van der Waals surface area (Å²) in [6.07, 6.45) is 0. The van der Waals surface area contributed by atoms with E-state index in [2.05, 4.69) is 0 Å². The third-order valence-corrected chi connectivity index (χ3v) is 5.90. The van der Waals surface area contributed by atoms with E-state index in [1.54, 1.807) is 0 Å². The summed E-state index contributed by atoms with van der Waals surface area (Å²) in [6.45, 7) is 0. The highest BCUT2D eigenvalue weighted by molar-refractivity contribution is 5.65. The van der Waals surface area contributed by atoms with Crippen LogP contribution in [0.5, 0.6) is 11.5 Å². The monoisotopic (exact) mass is 514 g/mol. The van der Waals surface area contributed by atoms with E-state index in [0.29, 0.717) is 12.1 Å². The molecule has 0 radical (unpaired) electrons. The van der Waals surface area contributed by atoms with Gasteiger partial charge in [-0.3, -0.25) is 20.2 Å². The lowest BCUT2D eigenvalue weighted by Crippen LogP contribution is -2.31. The number of hydrogen-bond acceptors (Lipinski definition) is 6. The molecule has 0 fully saturated rings. The molecular weight excluding hydrogens is 500 g/mol. The molecule has 0 atom stereocenters. The summed E-state index contributed by atoms with van der Waals surface area (Å²) < 4.78 is 57.5. The van der Waals surface area contributed by atoms with Crippen LogP contribution >= 0.6 is 0 Å². The number of rotatable bonds is 6. The Morgan fingerprint density at radius 2 is 0.892 bits per heavy atom. The fraction of sp³-hybridized carbons (Fsp3) is 0.0400. The highest BCUT2D eigenvalue weighted by Crippen LogP contribution is 2.49. The number of benzene rings is 4. The van der Waals surface area contributed by atoms with E-state index in [9.17, 15) is 48.0 Å². The molecule has 0 unspecified atom stereocenters. The maximum Gasteiger partial charge on any atom is 0.314 e. The Balaban J connectivity index is 2.27. The van der Waals surface area contributed by atoms with Crippen molar-refractivity contribution in [2.75, 3.05) is 0 Å². The second kappa shape index (κ2) is 9.22. The average Bonchev–Trinajstić information content (AvgIpc) is 2.85. The summed E-state index contributed by atoms with van der Waals surface area (Å²) in [5.74, 6) is -6.95. The number of nitro groups is 2. The molecule has 188 valence electrons. The molecule has 0 heterocycles. The normalized spacial score (nSPS) is 11.4. The second-order valence-corrected chi connectivity index (χ2v) is 7.93. The first kappa shape index (κ1) is 25.1. The van der Waals surface area contributed by atoms with Gasteiger partial charge in [0.05, 0.1) is 15.3 Å². The molecule has 2 N–H and O–H groups in total. The summed E-state index contributed by atoms with van der Waals surface area (Å²) in [6, 6.07) is 11.5. The third kappa shape index (κ3) is 4.18. The molecule has 0 aliphatic heterocycles. The highest BCUT2D eigenvalue weighted by Gasteiger charge is 2.42. The van der Waals surface area contributed by atoms with Crippen LogP contribution in [0.25, 0.3) is 0 Å². The molecule has 4 rings (SSSR count). The van der Waals surface area contributed by atoms with Gasteiger partial charge in [-0.25, -0.2) is 17.6 Å². The van der Waals surface area contributed by atoms with Crippen molar-refractivity contribution in [2.24, 2.45) is 0 Å². The summed E-state index contributed by atoms with van der Waals surface area (Å²) in [5, 5.41) is 43.1. The number of hydrogen-bond donors (Lipinski definition) is 2. The lowest BCUT2D eigenvalue weighted by atomic mass is 9.65. The van der Waals surface area contributed by atoms with Gasteiger partial charge in [-0.1, -0.05) is 24.3 Å². The van der Waals surface area contributed by atoms with E-state index < -0.39 is 61.4 Å². The van der Waals surface area contributed by atoms with Crippen LogP contribution in [0.4, 0.5) is 28.9 Å². The van der Waals surface area contributed by atoms with Crippen molar-refractivity contribution in [2.45, 2.75) is 5.41 Å². The number of phenols is 2. The Morgan fingerprint density at radius 1 is 0.568 bits per heavy atom. The Labute approximate surface area is 205 Å². The van der Waals surface area contributed by atoms with Gasteiger partial charge in [0, 0.05) is 12.1 Å². The number of halogens is 4. The van der Waals surface area contributed by atoms with Crippen LogP contribution in [-0.2, 0) is 5.41 Å². The first-order valence-electron chi connectivity index (χ1n) is 10.3. The zero-order valence-electron chi connectivity index (χ0n) is 18.4. The average molecular weight is 514 g/mol. The van der Waals surface area contributed by atoms with E-state index in [1.807, 2.05) is 0 Å². The molecule has 4 aromatic rings. The summed E-state index contributed by atoms with van der Waals surface area (Å²) in [4.78, 5) is 21.0. The number of nitro benzene ring substituents is 2. The molecule has 0 aromatic heterocycles. The Morgan fingerprint density at radius 3 is 1.19 bits per heavy atom. The molecule has 8 nitrogen and oxygen atoms in total. The van der Waals surface area contributed by atoms with Gasteiger partial charge >= 0.3 is 11.4 Å². The van der Waals surface area contributed by atoms with Crippen LogP contribution in [0.2, 0.25) is 0 Å². The van der Waals surface area contributed by atoms with Crippen molar-refractivity contribution in [1.29, 1.82) is 0 Å². The van der Waals surface area contributed by atoms with Crippen molar-refractivity contribution < 1.29 is 37.6 Å². The molecule has 0 aliphatic carbocycles. The smallest absolute Gasteiger partial charge is 0.314 e. The van der Waals surface area contributed by atoms with Crippen molar-refractivity contribution in [1.82, 2.24) is 0 Å². The fourth-order valence-corrected chi connectivity index (χ4v) is 4.28. The Hall–Kier alpha value is -5.00. The van der Waals surface area contributed by atoms with Crippen LogP contribution in [0, 0.1) is 43.5 Å². The lowest BCUT2D eigenvalue weighted by molar-refractivity contribution is -0.386. The van der Waals surface area contributed by atoms with E-state index >= 15 is 0 Å². The van der Waals surface area contributed by atoms with Crippen LogP contribution in [0.1, 0.15) is 22.3 Å². The SMILES string of the molecule is O=[N+]([O-])c1cc(C(c2ccc(F)cc2)(c2ccc(F)cc2)c2cc(F)c(O)c([N+](=O)[O-])c2)cc(F)c1O. The molecule has 0 amide bonds. The molecular formula is C25H14F4N2O6. The Kier molecular flexibility index (Phi) is 6.26. The maximum atomic E-state index is 14.9. The van der Waals surface area contributed by atoms with Gasteiger partial charge in [-0.15, -0.1) is 0 Å². The first-order chi connectivity index (χ1) is 17.5. The zero-order valence-corrected chi connectivity index (χ0v) is 18.4. The highest BCUT2D eigenvalue weighted by atomic mass is 19.1. The minimum absolute atomic E-state index is 0.0132. The van der Waals surface area contributed by atoms with E-state index in [4.69, 9.17) is 0 Å². The van der Waals surface area contributed by atoms with Crippen molar-refractivity contribution >= 4 is 11.4 Å². The molecule has 12 heteroatoms. The predicted octanol–water partition coefficient (Wildman–Crippen LogP) is 5.85.